The van der Waals surface area contributed by atoms with Crippen LogP contribution in [0.1, 0.15) is 21.5 Å². The third-order valence-corrected chi connectivity index (χ3v) is 4.58. The summed E-state index contributed by atoms with van der Waals surface area (Å²) < 4.78 is 5.16. The van der Waals surface area contributed by atoms with Gasteiger partial charge in [-0.3, -0.25) is 4.79 Å². The average molecular weight is 396 g/mol. The third kappa shape index (κ3) is 5.24. The second-order valence-corrected chi connectivity index (χ2v) is 6.81. The number of carbonyl (C=O) groups excluding carboxylic acids is 1. The zero-order valence-corrected chi connectivity index (χ0v) is 16.6. The molecule has 0 aliphatic rings. The van der Waals surface area contributed by atoms with Gasteiger partial charge in [0.25, 0.3) is 5.91 Å². The molecule has 1 aromatic heterocycles. The van der Waals surface area contributed by atoms with E-state index in [-0.39, 0.29) is 5.91 Å². The van der Waals surface area contributed by atoms with Crippen molar-refractivity contribution in [1.29, 1.82) is 0 Å². The van der Waals surface area contributed by atoms with Crippen molar-refractivity contribution in [1.82, 2.24) is 4.98 Å². The molecule has 0 spiro atoms. The molecule has 0 aliphatic heterocycles. The van der Waals surface area contributed by atoms with Gasteiger partial charge in [0, 0.05) is 23.5 Å². The quantitative estimate of drug-likeness (QED) is 0.593. The lowest BCUT2D eigenvalue weighted by Crippen LogP contribution is -2.13. The van der Waals surface area contributed by atoms with Crippen LogP contribution in [0.4, 0.5) is 11.5 Å². The van der Waals surface area contributed by atoms with Crippen LogP contribution in [0.25, 0.3) is 0 Å². The standard InChI is InChI=1S/C22H22ClN3O2/c1-15-13-18(23)6-9-20(15)26-22(27)17-5-10-21(25-14-17)24-12-11-16-3-7-19(28-2)8-4-16/h3-10,13-14H,11-12H2,1-2H3,(H,24,25)(H,26,27). The first-order valence-corrected chi connectivity index (χ1v) is 9.33. The number of carbonyl (C=O) groups is 1. The van der Waals surface area contributed by atoms with Gasteiger partial charge in [-0.15, -0.1) is 0 Å². The summed E-state index contributed by atoms with van der Waals surface area (Å²) in [5, 5.41) is 6.78. The molecule has 3 aromatic rings. The van der Waals surface area contributed by atoms with Crippen molar-refractivity contribution in [2.75, 3.05) is 24.3 Å². The zero-order valence-electron chi connectivity index (χ0n) is 15.8. The highest BCUT2D eigenvalue weighted by Gasteiger charge is 2.09. The highest BCUT2D eigenvalue weighted by Crippen LogP contribution is 2.20. The Hall–Kier alpha value is -3.05. The maximum Gasteiger partial charge on any atom is 0.257 e. The van der Waals surface area contributed by atoms with Crippen LogP contribution in [0.15, 0.2) is 60.8 Å². The van der Waals surface area contributed by atoms with Crippen LogP contribution in [-0.2, 0) is 6.42 Å². The van der Waals surface area contributed by atoms with Crippen LogP contribution >= 0.6 is 11.6 Å². The molecule has 1 heterocycles. The Kier molecular flexibility index (Phi) is 6.50. The van der Waals surface area contributed by atoms with Crippen molar-refractivity contribution >= 4 is 29.0 Å². The summed E-state index contributed by atoms with van der Waals surface area (Å²) in [4.78, 5) is 16.7. The molecular weight excluding hydrogens is 374 g/mol. The Morgan fingerprint density at radius 2 is 1.89 bits per heavy atom. The Bertz CT molecular complexity index is 941. The summed E-state index contributed by atoms with van der Waals surface area (Å²) in [6, 6.07) is 16.9. The lowest BCUT2D eigenvalue weighted by Gasteiger charge is -2.10. The van der Waals surface area contributed by atoms with Gasteiger partial charge >= 0.3 is 0 Å². The number of ether oxygens (including phenoxy) is 1. The minimum atomic E-state index is -0.206. The number of aromatic nitrogens is 1. The van der Waals surface area contributed by atoms with Gasteiger partial charge in [-0.05, 0) is 66.9 Å². The molecule has 0 unspecified atom stereocenters. The number of aryl methyl sites for hydroxylation is 1. The fourth-order valence-electron chi connectivity index (χ4n) is 2.72. The number of halogens is 1. The number of hydrogen-bond acceptors (Lipinski definition) is 4. The topological polar surface area (TPSA) is 63.2 Å². The molecule has 0 bridgehead atoms. The highest BCUT2D eigenvalue weighted by molar-refractivity contribution is 6.30. The molecule has 0 radical (unpaired) electrons. The lowest BCUT2D eigenvalue weighted by atomic mass is 10.1. The average Bonchev–Trinajstić information content (AvgIpc) is 2.71. The van der Waals surface area contributed by atoms with E-state index in [2.05, 4.69) is 15.6 Å². The summed E-state index contributed by atoms with van der Waals surface area (Å²) in [5.41, 5.74) is 3.35. The van der Waals surface area contributed by atoms with E-state index < -0.39 is 0 Å². The Morgan fingerprint density at radius 3 is 2.54 bits per heavy atom. The molecule has 5 nitrogen and oxygen atoms in total. The molecule has 28 heavy (non-hydrogen) atoms. The van der Waals surface area contributed by atoms with Crippen LogP contribution in [0.5, 0.6) is 5.75 Å². The van der Waals surface area contributed by atoms with Gasteiger partial charge in [-0.1, -0.05) is 23.7 Å². The van der Waals surface area contributed by atoms with E-state index in [0.717, 1.165) is 35.8 Å². The Morgan fingerprint density at radius 1 is 1.11 bits per heavy atom. The predicted octanol–water partition coefficient (Wildman–Crippen LogP) is 4.96. The molecule has 3 rings (SSSR count). The van der Waals surface area contributed by atoms with Crippen LogP contribution in [0.2, 0.25) is 5.02 Å². The van der Waals surface area contributed by atoms with Crippen molar-refractivity contribution < 1.29 is 9.53 Å². The minimum Gasteiger partial charge on any atom is -0.497 e. The number of hydrogen-bond donors (Lipinski definition) is 2. The minimum absolute atomic E-state index is 0.206. The van der Waals surface area contributed by atoms with Gasteiger partial charge in [0.15, 0.2) is 0 Å². The first kappa shape index (κ1) is 19.7. The fourth-order valence-corrected chi connectivity index (χ4v) is 2.95. The van der Waals surface area contributed by atoms with Crippen LogP contribution in [-0.4, -0.2) is 24.5 Å². The number of methoxy groups -OCH3 is 1. The van der Waals surface area contributed by atoms with Gasteiger partial charge in [-0.2, -0.15) is 0 Å². The van der Waals surface area contributed by atoms with E-state index in [9.17, 15) is 4.79 Å². The highest BCUT2D eigenvalue weighted by atomic mass is 35.5. The first-order chi connectivity index (χ1) is 13.5. The molecule has 6 heteroatoms. The van der Waals surface area contributed by atoms with Gasteiger partial charge in [0.05, 0.1) is 12.7 Å². The Balaban J connectivity index is 1.53. The summed E-state index contributed by atoms with van der Waals surface area (Å²) in [6.07, 6.45) is 2.43. The number of anilines is 2. The number of nitrogens with zero attached hydrogens (tertiary/aromatic N) is 1. The maximum absolute atomic E-state index is 12.4. The molecule has 144 valence electrons. The maximum atomic E-state index is 12.4. The molecular formula is C22H22ClN3O2. The van der Waals surface area contributed by atoms with E-state index in [4.69, 9.17) is 16.3 Å². The van der Waals surface area contributed by atoms with Crippen molar-refractivity contribution in [3.63, 3.8) is 0 Å². The van der Waals surface area contributed by atoms with Gasteiger partial charge in [0.2, 0.25) is 0 Å². The van der Waals surface area contributed by atoms with Crippen molar-refractivity contribution in [2.45, 2.75) is 13.3 Å². The number of benzene rings is 2. The summed E-state index contributed by atoms with van der Waals surface area (Å²) in [6.45, 7) is 2.64. The van der Waals surface area contributed by atoms with E-state index in [1.54, 1.807) is 37.6 Å². The second-order valence-electron chi connectivity index (χ2n) is 6.37. The van der Waals surface area contributed by atoms with E-state index in [0.29, 0.717) is 10.6 Å². The summed E-state index contributed by atoms with van der Waals surface area (Å²) in [5.74, 6) is 1.37. The van der Waals surface area contributed by atoms with Crippen molar-refractivity contribution in [3.8, 4) is 5.75 Å². The number of rotatable bonds is 7. The first-order valence-electron chi connectivity index (χ1n) is 8.95. The largest absolute Gasteiger partial charge is 0.497 e. The monoisotopic (exact) mass is 395 g/mol. The zero-order chi connectivity index (χ0) is 19.9. The predicted molar refractivity (Wildman–Crippen MR) is 114 cm³/mol. The van der Waals surface area contributed by atoms with Crippen LogP contribution in [0.3, 0.4) is 0 Å². The second kappa shape index (κ2) is 9.24. The molecule has 1 amide bonds. The fraction of sp³-hybridized carbons (Fsp3) is 0.182. The number of amides is 1. The number of pyridine rings is 1. The van der Waals surface area contributed by atoms with Gasteiger partial charge in [0.1, 0.15) is 11.6 Å². The van der Waals surface area contributed by atoms with Gasteiger partial charge in [-0.25, -0.2) is 4.98 Å². The molecule has 0 saturated heterocycles. The van der Waals surface area contributed by atoms with Crippen molar-refractivity contribution in [3.05, 3.63) is 82.5 Å². The SMILES string of the molecule is COc1ccc(CCNc2ccc(C(=O)Nc3ccc(Cl)cc3C)cn2)cc1. The Labute approximate surface area is 169 Å². The van der Waals surface area contributed by atoms with E-state index in [1.165, 1.54) is 5.56 Å². The lowest BCUT2D eigenvalue weighted by molar-refractivity contribution is 0.102. The summed E-state index contributed by atoms with van der Waals surface area (Å²) >= 11 is 5.95. The van der Waals surface area contributed by atoms with E-state index >= 15 is 0 Å². The van der Waals surface area contributed by atoms with E-state index in [1.807, 2.05) is 37.3 Å². The molecule has 0 saturated carbocycles. The molecule has 0 atom stereocenters. The molecule has 0 fully saturated rings. The number of nitrogens with one attached hydrogen (secondary N) is 2. The molecule has 0 aliphatic carbocycles. The molecule has 2 N–H and O–H groups in total. The molecule has 2 aromatic carbocycles. The third-order valence-electron chi connectivity index (χ3n) is 4.34. The van der Waals surface area contributed by atoms with Crippen LogP contribution < -0.4 is 15.4 Å². The normalized spacial score (nSPS) is 10.4. The van der Waals surface area contributed by atoms with Crippen molar-refractivity contribution in [2.24, 2.45) is 0 Å². The van der Waals surface area contributed by atoms with Crippen LogP contribution in [0, 0.1) is 6.92 Å². The smallest absolute Gasteiger partial charge is 0.257 e. The van der Waals surface area contributed by atoms with Gasteiger partial charge < -0.3 is 15.4 Å². The summed E-state index contributed by atoms with van der Waals surface area (Å²) in [7, 11) is 1.66.